The summed E-state index contributed by atoms with van der Waals surface area (Å²) in [7, 11) is -3.60. The first-order valence-corrected chi connectivity index (χ1v) is 17.4. The summed E-state index contributed by atoms with van der Waals surface area (Å²) in [5.41, 5.74) is 1.37. The Hall–Kier alpha value is -0.820. The molecule has 13 atom stereocenters. The van der Waals surface area contributed by atoms with Crippen LogP contribution in [-0.2, 0) is 18.1 Å². The fourth-order valence-electron chi connectivity index (χ4n) is 10.6. The van der Waals surface area contributed by atoms with Gasteiger partial charge in [0.05, 0.1) is 31.5 Å². The zero-order chi connectivity index (χ0) is 28.3. The Balaban J connectivity index is 1.10. The van der Waals surface area contributed by atoms with Gasteiger partial charge in [-0.25, -0.2) is 4.57 Å². The molecule has 1 saturated heterocycles. The van der Waals surface area contributed by atoms with E-state index in [0.717, 1.165) is 31.2 Å². The highest BCUT2D eigenvalue weighted by atomic mass is 31.2. The van der Waals surface area contributed by atoms with Crippen LogP contribution in [-0.4, -0.2) is 40.6 Å². The van der Waals surface area contributed by atoms with Gasteiger partial charge >= 0.3 is 7.82 Å². The van der Waals surface area contributed by atoms with Gasteiger partial charge in [0.25, 0.3) is 0 Å². The highest BCUT2D eigenvalue weighted by molar-refractivity contribution is 7.48. The summed E-state index contributed by atoms with van der Waals surface area (Å²) in [4.78, 5) is 4.06. The first-order chi connectivity index (χ1) is 19.1. The van der Waals surface area contributed by atoms with Crippen molar-refractivity contribution in [3.63, 3.8) is 0 Å². The minimum Gasteiger partial charge on any atom is -0.393 e. The monoisotopic (exact) mass is 575 g/mol. The number of rotatable bonds is 6. The lowest BCUT2D eigenvalue weighted by molar-refractivity contribution is -0.199. The molecule has 0 radical (unpaired) electrons. The van der Waals surface area contributed by atoms with E-state index in [0.29, 0.717) is 55.1 Å². The van der Waals surface area contributed by atoms with E-state index < -0.39 is 7.82 Å². The summed E-state index contributed by atoms with van der Waals surface area (Å²) in [6.45, 7) is 10.3. The van der Waals surface area contributed by atoms with Gasteiger partial charge in [0.2, 0.25) is 0 Å². The molecule has 0 spiro atoms. The number of aliphatic hydroxyl groups excluding tert-OH is 2. The second-order valence-corrected chi connectivity index (χ2v) is 16.1. The molecule has 4 unspecified atom stereocenters. The van der Waals surface area contributed by atoms with Crippen molar-refractivity contribution in [2.75, 3.05) is 13.2 Å². The number of fused-ring (bicyclic) bond motifs is 5. The standard InChI is InChI=1S/C32H50NO6P/c1-20(11-17-37-40(36)38-18-12-28(39-40)22-9-15-33-16-10-22)24-5-6-25-29-26(8-14-31(24,25)3)32(4)13-7-23(34)19-27(32)21(2)30(29)35/h9-10,15-16,20-21,23-30,34-35H,5-8,11-14,17-19H2,1-4H3/t20-,21-,23-,24-,25?,26?,27?,28-,29?,30-,31-,32-,40+/m1/s1. The zero-order valence-electron chi connectivity index (χ0n) is 24.8. The van der Waals surface area contributed by atoms with E-state index in [2.05, 4.69) is 32.7 Å². The third kappa shape index (κ3) is 4.95. The Bertz CT molecular complexity index is 1090. The van der Waals surface area contributed by atoms with E-state index >= 15 is 0 Å². The van der Waals surface area contributed by atoms with Crippen molar-refractivity contribution in [3.05, 3.63) is 30.1 Å². The molecule has 1 aromatic heterocycles. The molecule has 5 fully saturated rings. The number of aliphatic hydroxyl groups is 2. The smallest absolute Gasteiger partial charge is 0.393 e. The van der Waals surface area contributed by atoms with Gasteiger partial charge in [-0.1, -0.05) is 27.7 Å². The van der Waals surface area contributed by atoms with Crippen LogP contribution in [0.5, 0.6) is 0 Å². The van der Waals surface area contributed by atoms with Crippen molar-refractivity contribution in [1.29, 1.82) is 0 Å². The lowest BCUT2D eigenvalue weighted by Crippen LogP contribution is -2.61. The van der Waals surface area contributed by atoms with Crippen LogP contribution in [0.3, 0.4) is 0 Å². The molecular formula is C32H50NO6P. The summed E-state index contributed by atoms with van der Waals surface area (Å²) in [6.07, 6.45) is 11.7. The first kappa shape index (κ1) is 29.3. The van der Waals surface area contributed by atoms with Gasteiger partial charge in [-0.2, -0.15) is 0 Å². The fourth-order valence-corrected chi connectivity index (χ4v) is 12.0. The molecule has 2 heterocycles. The largest absolute Gasteiger partial charge is 0.475 e. The van der Waals surface area contributed by atoms with E-state index in [1.54, 1.807) is 12.4 Å². The van der Waals surface area contributed by atoms with Gasteiger partial charge in [0, 0.05) is 18.8 Å². The predicted molar refractivity (Wildman–Crippen MR) is 153 cm³/mol. The summed E-state index contributed by atoms with van der Waals surface area (Å²) >= 11 is 0. The average Bonchev–Trinajstić information content (AvgIpc) is 3.30. The van der Waals surface area contributed by atoms with Crippen molar-refractivity contribution in [3.8, 4) is 0 Å². The molecule has 7 nitrogen and oxygen atoms in total. The molecule has 8 heteroatoms. The molecule has 0 bridgehead atoms. The maximum atomic E-state index is 13.3. The molecule has 1 aromatic rings. The molecule has 4 aliphatic carbocycles. The average molecular weight is 576 g/mol. The van der Waals surface area contributed by atoms with Crippen molar-refractivity contribution in [1.82, 2.24) is 4.98 Å². The Morgan fingerprint density at radius 2 is 1.77 bits per heavy atom. The highest BCUT2D eigenvalue weighted by Crippen LogP contribution is 2.69. The molecule has 4 saturated carbocycles. The molecule has 40 heavy (non-hydrogen) atoms. The van der Waals surface area contributed by atoms with Crippen LogP contribution in [0.25, 0.3) is 0 Å². The lowest BCUT2D eigenvalue weighted by atomic mass is 9.42. The van der Waals surface area contributed by atoms with Crippen molar-refractivity contribution < 1.29 is 28.3 Å². The van der Waals surface area contributed by atoms with Crippen molar-refractivity contribution >= 4 is 7.82 Å². The Labute approximate surface area is 240 Å². The van der Waals surface area contributed by atoms with E-state index in [1.807, 2.05) is 12.1 Å². The topological polar surface area (TPSA) is 98.1 Å². The van der Waals surface area contributed by atoms with Gasteiger partial charge < -0.3 is 10.2 Å². The fraction of sp³-hybridized carbons (Fsp3) is 0.844. The summed E-state index contributed by atoms with van der Waals surface area (Å²) in [5.74, 6) is 3.06. The first-order valence-electron chi connectivity index (χ1n) is 15.9. The quantitative estimate of drug-likeness (QED) is 0.354. The van der Waals surface area contributed by atoms with Crippen LogP contribution in [0.4, 0.5) is 0 Å². The van der Waals surface area contributed by atoms with Crippen LogP contribution in [0, 0.1) is 52.3 Å². The third-order valence-electron chi connectivity index (χ3n) is 12.7. The minimum atomic E-state index is -3.60. The number of hydrogen-bond donors (Lipinski definition) is 2. The molecule has 0 amide bonds. The maximum absolute atomic E-state index is 13.3. The van der Waals surface area contributed by atoms with Crippen LogP contribution < -0.4 is 0 Å². The summed E-state index contributed by atoms with van der Waals surface area (Å²) < 4.78 is 30.5. The van der Waals surface area contributed by atoms with Crippen LogP contribution in [0.15, 0.2) is 24.5 Å². The lowest BCUT2D eigenvalue weighted by Gasteiger charge is -2.64. The van der Waals surface area contributed by atoms with Gasteiger partial charge in [-0.3, -0.25) is 18.6 Å². The number of nitrogens with zero attached hydrogens (tertiary/aromatic N) is 1. The molecule has 2 N–H and O–H groups in total. The van der Waals surface area contributed by atoms with E-state index in [-0.39, 0.29) is 35.1 Å². The molecule has 224 valence electrons. The van der Waals surface area contributed by atoms with Crippen LogP contribution in [0.2, 0.25) is 0 Å². The molecule has 0 aromatic carbocycles. The van der Waals surface area contributed by atoms with E-state index in [1.165, 1.54) is 25.7 Å². The molecule has 5 aliphatic rings. The van der Waals surface area contributed by atoms with Gasteiger partial charge in [-0.05, 0) is 121 Å². The molecular weight excluding hydrogens is 525 g/mol. The minimum absolute atomic E-state index is 0.202. The second-order valence-electron chi connectivity index (χ2n) is 14.5. The predicted octanol–water partition coefficient (Wildman–Crippen LogP) is 6.95. The highest BCUT2D eigenvalue weighted by Gasteiger charge is 2.64. The second kappa shape index (κ2) is 11.0. The Morgan fingerprint density at radius 1 is 1.05 bits per heavy atom. The number of aromatic nitrogens is 1. The Morgan fingerprint density at radius 3 is 2.55 bits per heavy atom. The maximum Gasteiger partial charge on any atom is 0.475 e. The number of phosphoric acid groups is 1. The molecule has 6 rings (SSSR count). The van der Waals surface area contributed by atoms with Crippen LogP contribution in [0.1, 0.15) is 97.1 Å². The summed E-state index contributed by atoms with van der Waals surface area (Å²) in [5, 5.41) is 22.2. The van der Waals surface area contributed by atoms with Crippen molar-refractivity contribution in [2.24, 2.45) is 52.3 Å². The summed E-state index contributed by atoms with van der Waals surface area (Å²) in [6, 6.07) is 3.77. The molecule has 1 aliphatic heterocycles. The number of hydrogen-bond acceptors (Lipinski definition) is 7. The van der Waals surface area contributed by atoms with E-state index in [4.69, 9.17) is 13.6 Å². The van der Waals surface area contributed by atoms with Crippen molar-refractivity contribution in [2.45, 2.75) is 104 Å². The van der Waals surface area contributed by atoms with Gasteiger partial charge in [0.1, 0.15) is 0 Å². The van der Waals surface area contributed by atoms with Crippen LogP contribution >= 0.6 is 7.82 Å². The van der Waals surface area contributed by atoms with Gasteiger partial charge in [0.15, 0.2) is 0 Å². The number of phosphoric ester groups is 1. The van der Waals surface area contributed by atoms with Gasteiger partial charge in [-0.15, -0.1) is 0 Å². The normalized spacial score (nSPS) is 49.5. The SMILES string of the molecule is C[C@H](CCO[P@@]1(=O)OCC[C@H](c2ccncc2)O1)[C@H]1CCC2C3C(CC[C@@]21C)[C@@]1(C)CC[C@@H](O)CC1[C@@H](C)[C@H]3O. The number of pyridine rings is 1. The Kier molecular flexibility index (Phi) is 8.07. The third-order valence-corrected chi connectivity index (χ3v) is 14.2. The zero-order valence-corrected chi connectivity index (χ0v) is 25.7. The van der Waals surface area contributed by atoms with E-state index in [9.17, 15) is 14.8 Å².